The van der Waals surface area contributed by atoms with Crippen LogP contribution in [0.1, 0.15) is 20.8 Å². The highest BCUT2D eigenvalue weighted by atomic mass is 16.5. The fraction of sp³-hybridized carbons (Fsp3) is 0.333. The Morgan fingerprint density at radius 3 is 2.38 bits per heavy atom. The van der Waals surface area contributed by atoms with Gasteiger partial charge in [-0.2, -0.15) is 0 Å². The van der Waals surface area contributed by atoms with Crippen LogP contribution < -0.4 is 0 Å². The van der Waals surface area contributed by atoms with Gasteiger partial charge in [-0.1, -0.05) is 39.2 Å². The monoisotopic (exact) mass is 178 g/mol. The molecule has 0 fully saturated rings. The maximum absolute atomic E-state index is 5.44. The van der Waals surface area contributed by atoms with E-state index in [1.54, 1.807) is 12.2 Å². The summed E-state index contributed by atoms with van der Waals surface area (Å²) in [6.07, 6.45) is 7.60. The molecular formula is C12H18O. The van der Waals surface area contributed by atoms with Gasteiger partial charge in [-0.15, -0.1) is 0 Å². The molecule has 0 amide bonds. The second kappa shape index (κ2) is 6.30. The molecule has 72 valence electrons. The summed E-state index contributed by atoms with van der Waals surface area (Å²) in [6.45, 7) is 13.3. The Bertz CT molecular complexity index is 234. The van der Waals surface area contributed by atoms with E-state index in [4.69, 9.17) is 4.74 Å². The molecule has 0 saturated carbocycles. The lowest BCUT2D eigenvalue weighted by Gasteiger charge is -2.17. The van der Waals surface area contributed by atoms with E-state index >= 15 is 0 Å². The minimum absolute atomic E-state index is 0.145. The van der Waals surface area contributed by atoms with Gasteiger partial charge in [0, 0.05) is 5.57 Å². The Morgan fingerprint density at radius 1 is 1.31 bits per heavy atom. The first-order chi connectivity index (χ1) is 6.27. The molecule has 0 saturated heterocycles. The Kier molecular flexibility index (Phi) is 5.69. The van der Waals surface area contributed by atoms with Crippen LogP contribution in [0.4, 0.5) is 0 Å². The van der Waals surface area contributed by atoms with Crippen molar-refractivity contribution in [3.05, 3.63) is 48.8 Å². The number of hydrogen-bond acceptors (Lipinski definition) is 1. The van der Waals surface area contributed by atoms with Crippen molar-refractivity contribution in [2.45, 2.75) is 26.9 Å². The van der Waals surface area contributed by atoms with Crippen LogP contribution in [0.3, 0.4) is 0 Å². The number of allylic oxidation sites excluding steroid dienone is 4. The second-order valence-corrected chi connectivity index (χ2v) is 2.41. The van der Waals surface area contributed by atoms with Crippen molar-refractivity contribution >= 4 is 0 Å². The summed E-state index contributed by atoms with van der Waals surface area (Å²) in [5.74, 6) is 0.815. The molecule has 1 unspecified atom stereocenters. The average molecular weight is 178 g/mol. The molecule has 1 rings (SSSR count). The molecule has 0 N–H and O–H groups in total. The second-order valence-electron chi connectivity index (χ2n) is 2.41. The van der Waals surface area contributed by atoms with Gasteiger partial charge in [0.15, 0.2) is 0 Å². The summed E-state index contributed by atoms with van der Waals surface area (Å²) in [5.41, 5.74) is 0.998. The van der Waals surface area contributed by atoms with Crippen LogP contribution in [-0.2, 0) is 4.74 Å². The van der Waals surface area contributed by atoms with E-state index < -0.39 is 0 Å². The van der Waals surface area contributed by atoms with Crippen molar-refractivity contribution in [3.63, 3.8) is 0 Å². The highest BCUT2D eigenvalue weighted by Crippen LogP contribution is 2.18. The molecule has 0 aliphatic carbocycles. The van der Waals surface area contributed by atoms with Crippen molar-refractivity contribution < 1.29 is 4.74 Å². The summed E-state index contributed by atoms with van der Waals surface area (Å²) in [5, 5.41) is 0. The van der Waals surface area contributed by atoms with E-state index in [9.17, 15) is 0 Å². The number of hydrogen-bond donors (Lipinski definition) is 0. The van der Waals surface area contributed by atoms with E-state index in [2.05, 4.69) is 13.2 Å². The third kappa shape index (κ3) is 3.32. The molecule has 0 radical (unpaired) electrons. The van der Waals surface area contributed by atoms with Gasteiger partial charge in [-0.3, -0.25) is 0 Å². The molecule has 1 atom stereocenters. The maximum Gasteiger partial charge on any atom is 0.126 e. The van der Waals surface area contributed by atoms with E-state index in [0.717, 1.165) is 11.3 Å². The van der Waals surface area contributed by atoms with Crippen LogP contribution in [0.25, 0.3) is 0 Å². The first-order valence-corrected chi connectivity index (χ1v) is 4.62. The van der Waals surface area contributed by atoms with Gasteiger partial charge in [0.25, 0.3) is 0 Å². The number of rotatable bonds is 2. The van der Waals surface area contributed by atoms with Crippen LogP contribution in [0.2, 0.25) is 0 Å². The van der Waals surface area contributed by atoms with Crippen molar-refractivity contribution in [2.24, 2.45) is 0 Å². The zero-order valence-corrected chi connectivity index (χ0v) is 8.71. The van der Waals surface area contributed by atoms with E-state index in [1.165, 1.54) is 0 Å². The van der Waals surface area contributed by atoms with Crippen LogP contribution in [0, 0.1) is 0 Å². The standard InChI is InChI=1S/C10H12O.C2H6/c1-4-9-7-6-8(3)11-10(9)5-2;1-2/h4-8H,1-2H2,3H3;1-2H3. The molecule has 0 aromatic carbocycles. The first-order valence-electron chi connectivity index (χ1n) is 4.62. The zero-order valence-electron chi connectivity index (χ0n) is 8.71. The van der Waals surface area contributed by atoms with Crippen LogP contribution >= 0.6 is 0 Å². The lowest BCUT2D eigenvalue weighted by molar-refractivity contribution is 0.175. The Hall–Kier alpha value is -1.24. The normalized spacial score (nSPS) is 19.8. The Balaban J connectivity index is 0.000000671. The zero-order chi connectivity index (χ0) is 10.3. The Labute approximate surface area is 81.1 Å². The van der Waals surface area contributed by atoms with Gasteiger partial charge in [0.05, 0.1) is 0 Å². The minimum atomic E-state index is 0.145. The van der Waals surface area contributed by atoms with Gasteiger partial charge < -0.3 is 4.74 Å². The van der Waals surface area contributed by atoms with Crippen LogP contribution in [-0.4, -0.2) is 6.10 Å². The summed E-state index contributed by atoms with van der Waals surface area (Å²) < 4.78 is 5.44. The molecule has 0 aromatic rings. The van der Waals surface area contributed by atoms with Gasteiger partial charge in [0.1, 0.15) is 11.9 Å². The molecular weight excluding hydrogens is 160 g/mol. The van der Waals surface area contributed by atoms with Gasteiger partial charge in [-0.05, 0) is 19.1 Å². The Morgan fingerprint density at radius 2 is 1.92 bits per heavy atom. The van der Waals surface area contributed by atoms with Crippen LogP contribution in [0.15, 0.2) is 48.8 Å². The van der Waals surface area contributed by atoms with E-state index in [-0.39, 0.29) is 6.10 Å². The highest BCUT2D eigenvalue weighted by molar-refractivity contribution is 5.38. The lowest BCUT2D eigenvalue weighted by atomic mass is 10.1. The third-order valence-electron chi connectivity index (χ3n) is 1.55. The first kappa shape index (κ1) is 11.8. The topological polar surface area (TPSA) is 9.23 Å². The molecule has 1 nitrogen and oxygen atoms in total. The smallest absolute Gasteiger partial charge is 0.126 e. The SMILES string of the molecule is C=CC1=C(C=C)OC(C)C=C1.CC. The molecule has 13 heavy (non-hydrogen) atoms. The molecule has 1 heterocycles. The van der Waals surface area contributed by atoms with E-state index in [1.807, 2.05) is 32.9 Å². The summed E-state index contributed by atoms with van der Waals surface area (Å²) in [7, 11) is 0. The molecule has 1 aliphatic heterocycles. The van der Waals surface area contributed by atoms with Gasteiger partial charge in [0.2, 0.25) is 0 Å². The molecule has 1 heteroatoms. The minimum Gasteiger partial charge on any atom is -0.486 e. The molecule has 0 bridgehead atoms. The summed E-state index contributed by atoms with van der Waals surface area (Å²) >= 11 is 0. The van der Waals surface area contributed by atoms with Gasteiger partial charge in [-0.25, -0.2) is 0 Å². The predicted octanol–water partition coefficient (Wildman–Crippen LogP) is 3.61. The maximum atomic E-state index is 5.44. The molecule has 0 spiro atoms. The van der Waals surface area contributed by atoms with Crippen molar-refractivity contribution in [1.82, 2.24) is 0 Å². The fourth-order valence-corrected chi connectivity index (χ4v) is 0.964. The highest BCUT2D eigenvalue weighted by Gasteiger charge is 2.08. The fourth-order valence-electron chi connectivity index (χ4n) is 0.964. The number of ether oxygens (including phenoxy) is 1. The molecule has 0 aromatic heterocycles. The molecule has 1 aliphatic rings. The predicted molar refractivity (Wildman–Crippen MR) is 58.5 cm³/mol. The van der Waals surface area contributed by atoms with Crippen molar-refractivity contribution in [2.75, 3.05) is 0 Å². The lowest BCUT2D eigenvalue weighted by Crippen LogP contribution is -2.08. The van der Waals surface area contributed by atoms with Crippen molar-refractivity contribution in [1.29, 1.82) is 0 Å². The summed E-state index contributed by atoms with van der Waals surface area (Å²) in [4.78, 5) is 0. The van der Waals surface area contributed by atoms with Gasteiger partial charge >= 0.3 is 0 Å². The van der Waals surface area contributed by atoms with E-state index in [0.29, 0.717) is 0 Å². The summed E-state index contributed by atoms with van der Waals surface area (Å²) in [6, 6.07) is 0. The average Bonchev–Trinajstić information content (AvgIpc) is 2.20. The van der Waals surface area contributed by atoms with Crippen LogP contribution in [0.5, 0.6) is 0 Å². The quantitative estimate of drug-likeness (QED) is 0.627. The third-order valence-corrected chi connectivity index (χ3v) is 1.55. The largest absolute Gasteiger partial charge is 0.486 e. The van der Waals surface area contributed by atoms with Crippen molar-refractivity contribution in [3.8, 4) is 0 Å².